The monoisotopic (exact) mass is 263 g/mol. The van der Waals surface area contributed by atoms with Crippen molar-refractivity contribution in [3.8, 4) is 0 Å². The zero-order chi connectivity index (χ0) is 7.40. The molecule has 0 atom stereocenters. The van der Waals surface area contributed by atoms with E-state index in [2.05, 4.69) is 41.6 Å². The van der Waals surface area contributed by atoms with Gasteiger partial charge >= 0.3 is 0 Å². The van der Waals surface area contributed by atoms with Gasteiger partial charge in [0.05, 0.1) is 0 Å². The summed E-state index contributed by atoms with van der Waals surface area (Å²) in [5.41, 5.74) is 0. The molecule has 2 heteroatoms. The number of benzene rings is 1. The number of hydrogen-bond acceptors (Lipinski definition) is 1. The topological polar surface area (TPSA) is 0 Å². The van der Waals surface area contributed by atoms with Gasteiger partial charge in [0, 0.05) is 8.47 Å². The summed E-state index contributed by atoms with van der Waals surface area (Å²) < 4.78 is 1.30. The first-order chi connectivity index (χ1) is 4.84. The van der Waals surface area contributed by atoms with E-state index in [-0.39, 0.29) is 0 Å². The maximum atomic E-state index is 3.19. The molecule has 1 radical (unpaired) electrons. The largest absolute Gasteiger partial charge is 0.125 e. The first-order valence-corrected chi connectivity index (χ1v) is 5.20. The molecule has 1 aromatic rings. The molecule has 0 amide bonds. The minimum absolute atomic E-state index is 1.12. The minimum atomic E-state index is 1.12. The van der Waals surface area contributed by atoms with Gasteiger partial charge in [-0.2, -0.15) is 0 Å². The minimum Gasteiger partial charge on any atom is -0.125 e. The third kappa shape index (κ3) is 2.16. The molecular formula is C8H8IS. The van der Waals surface area contributed by atoms with Gasteiger partial charge in [-0.1, -0.05) is 19.1 Å². The van der Waals surface area contributed by atoms with Crippen LogP contribution in [0.4, 0.5) is 0 Å². The van der Waals surface area contributed by atoms with E-state index in [9.17, 15) is 0 Å². The molecule has 10 heavy (non-hydrogen) atoms. The summed E-state index contributed by atoms with van der Waals surface area (Å²) >= 11 is 4.17. The van der Waals surface area contributed by atoms with Crippen molar-refractivity contribution in [2.75, 3.05) is 5.75 Å². The lowest BCUT2D eigenvalue weighted by molar-refractivity contribution is 1.37. The summed E-state index contributed by atoms with van der Waals surface area (Å²) in [4.78, 5) is 1.27. The Bertz CT molecular complexity index is 210. The van der Waals surface area contributed by atoms with Crippen LogP contribution in [0.25, 0.3) is 0 Å². The predicted molar refractivity (Wildman–Crippen MR) is 54.4 cm³/mol. The van der Waals surface area contributed by atoms with Crippen LogP contribution in [0.2, 0.25) is 0 Å². The SMILES string of the molecule is CCSc1[c]cccc1I. The highest BCUT2D eigenvalue weighted by Gasteiger charge is 1.95. The van der Waals surface area contributed by atoms with Gasteiger partial charge in [0.15, 0.2) is 0 Å². The fraction of sp³-hybridized carbons (Fsp3) is 0.250. The Morgan fingerprint density at radius 3 is 3.10 bits per heavy atom. The number of hydrogen-bond donors (Lipinski definition) is 0. The van der Waals surface area contributed by atoms with Crippen molar-refractivity contribution in [2.45, 2.75) is 11.8 Å². The van der Waals surface area contributed by atoms with Crippen molar-refractivity contribution < 1.29 is 0 Å². The second kappa shape index (κ2) is 4.23. The molecule has 0 unspecified atom stereocenters. The van der Waals surface area contributed by atoms with Crippen LogP contribution in [0.5, 0.6) is 0 Å². The third-order valence-corrected chi connectivity index (χ3v) is 3.24. The molecule has 0 saturated carbocycles. The van der Waals surface area contributed by atoms with Gasteiger partial charge in [0.2, 0.25) is 0 Å². The van der Waals surface area contributed by atoms with Crippen LogP contribution in [-0.4, -0.2) is 5.75 Å². The fourth-order valence-corrected chi connectivity index (χ4v) is 2.13. The molecule has 1 rings (SSSR count). The Kier molecular flexibility index (Phi) is 3.56. The van der Waals surface area contributed by atoms with Crippen molar-refractivity contribution in [2.24, 2.45) is 0 Å². The molecule has 0 aromatic heterocycles. The maximum Gasteiger partial charge on any atom is 0.0284 e. The van der Waals surface area contributed by atoms with Crippen molar-refractivity contribution in [1.82, 2.24) is 0 Å². The van der Waals surface area contributed by atoms with E-state index in [1.165, 1.54) is 8.47 Å². The van der Waals surface area contributed by atoms with Gasteiger partial charge in [0.1, 0.15) is 0 Å². The standard InChI is InChI=1S/C8H8IS/c1-2-10-8-6-4-3-5-7(8)9/h3-5H,2H2,1H3. The molecule has 0 heterocycles. The van der Waals surface area contributed by atoms with E-state index >= 15 is 0 Å². The van der Waals surface area contributed by atoms with Crippen LogP contribution in [-0.2, 0) is 0 Å². The highest BCUT2D eigenvalue weighted by Crippen LogP contribution is 2.22. The average Bonchev–Trinajstić information content (AvgIpc) is 1.94. The normalized spacial score (nSPS) is 9.80. The summed E-state index contributed by atoms with van der Waals surface area (Å²) in [5, 5.41) is 0. The summed E-state index contributed by atoms with van der Waals surface area (Å²) in [7, 11) is 0. The molecule has 0 nitrogen and oxygen atoms in total. The van der Waals surface area contributed by atoms with E-state index in [0.29, 0.717) is 0 Å². The lowest BCUT2D eigenvalue weighted by Crippen LogP contribution is -1.77. The number of halogens is 1. The Morgan fingerprint density at radius 1 is 1.70 bits per heavy atom. The Balaban J connectivity index is 2.81. The van der Waals surface area contributed by atoms with Gasteiger partial charge < -0.3 is 0 Å². The molecule has 0 bridgehead atoms. The van der Waals surface area contributed by atoms with Crippen molar-refractivity contribution >= 4 is 34.4 Å². The molecule has 0 aliphatic heterocycles. The van der Waals surface area contributed by atoms with Gasteiger partial charge in [-0.3, -0.25) is 0 Å². The highest BCUT2D eigenvalue weighted by molar-refractivity contribution is 14.1. The van der Waals surface area contributed by atoms with Crippen LogP contribution in [0.3, 0.4) is 0 Å². The summed E-state index contributed by atoms with van der Waals surface area (Å²) in [5.74, 6) is 1.12. The van der Waals surface area contributed by atoms with Crippen LogP contribution in [0.15, 0.2) is 23.1 Å². The quantitative estimate of drug-likeness (QED) is 0.583. The zero-order valence-electron chi connectivity index (χ0n) is 5.73. The number of rotatable bonds is 2. The van der Waals surface area contributed by atoms with E-state index in [1.54, 1.807) is 0 Å². The van der Waals surface area contributed by atoms with Crippen molar-refractivity contribution in [1.29, 1.82) is 0 Å². The number of thioether (sulfide) groups is 1. The molecule has 0 aliphatic carbocycles. The van der Waals surface area contributed by atoms with Crippen molar-refractivity contribution in [3.05, 3.63) is 27.8 Å². The van der Waals surface area contributed by atoms with Crippen LogP contribution < -0.4 is 0 Å². The maximum absolute atomic E-state index is 3.19. The molecule has 1 aromatic carbocycles. The second-order valence-corrected chi connectivity index (χ2v) is 4.22. The first kappa shape index (κ1) is 8.40. The van der Waals surface area contributed by atoms with Gasteiger partial charge in [-0.05, 0) is 40.5 Å². The molecule has 0 spiro atoms. The predicted octanol–water partition coefficient (Wildman–Crippen LogP) is 3.20. The zero-order valence-corrected chi connectivity index (χ0v) is 8.70. The smallest absolute Gasteiger partial charge is 0.0284 e. The molecule has 0 N–H and O–H groups in total. The van der Waals surface area contributed by atoms with Crippen LogP contribution in [0.1, 0.15) is 6.92 Å². The van der Waals surface area contributed by atoms with Crippen LogP contribution >= 0.6 is 34.4 Å². The molecule has 0 aliphatic rings. The van der Waals surface area contributed by atoms with E-state index in [0.717, 1.165) is 5.75 Å². The fourth-order valence-electron chi connectivity index (χ4n) is 0.656. The summed E-state index contributed by atoms with van der Waals surface area (Å²) in [6, 6.07) is 9.27. The molecule has 0 saturated heterocycles. The van der Waals surface area contributed by atoms with Crippen LogP contribution in [0, 0.1) is 9.64 Å². The van der Waals surface area contributed by atoms with E-state index in [4.69, 9.17) is 0 Å². The highest BCUT2D eigenvalue weighted by atomic mass is 127. The third-order valence-electron chi connectivity index (χ3n) is 1.06. The average molecular weight is 263 g/mol. The Labute approximate surface area is 79.5 Å². The molecule has 53 valence electrons. The lowest BCUT2D eigenvalue weighted by Gasteiger charge is -1.98. The van der Waals surface area contributed by atoms with Gasteiger partial charge in [-0.25, -0.2) is 0 Å². The summed E-state index contributed by atoms with van der Waals surface area (Å²) in [6.07, 6.45) is 0. The Morgan fingerprint density at radius 2 is 2.50 bits per heavy atom. The molecule has 0 fully saturated rings. The molecular weight excluding hydrogens is 255 g/mol. The van der Waals surface area contributed by atoms with E-state index < -0.39 is 0 Å². The van der Waals surface area contributed by atoms with Crippen molar-refractivity contribution in [3.63, 3.8) is 0 Å². The summed E-state index contributed by atoms with van der Waals surface area (Å²) in [6.45, 7) is 2.15. The first-order valence-electron chi connectivity index (χ1n) is 3.13. The second-order valence-electron chi connectivity index (χ2n) is 1.78. The van der Waals surface area contributed by atoms with Gasteiger partial charge in [-0.15, -0.1) is 11.8 Å². The lowest BCUT2D eigenvalue weighted by atomic mass is 10.4. The Hall–Kier alpha value is 0.300. The van der Waals surface area contributed by atoms with E-state index in [1.807, 2.05) is 23.9 Å². The van der Waals surface area contributed by atoms with Gasteiger partial charge in [0.25, 0.3) is 0 Å².